The van der Waals surface area contributed by atoms with Crippen LogP contribution in [0.5, 0.6) is 0 Å². The third kappa shape index (κ3) is 2.65. The summed E-state index contributed by atoms with van der Waals surface area (Å²) in [6.07, 6.45) is 0. The van der Waals surface area contributed by atoms with Gasteiger partial charge < -0.3 is 5.32 Å². The number of thiophene rings is 1. The van der Waals surface area contributed by atoms with Crippen molar-refractivity contribution in [1.29, 1.82) is 0 Å². The van der Waals surface area contributed by atoms with Crippen molar-refractivity contribution in [3.05, 3.63) is 97.1 Å². The van der Waals surface area contributed by atoms with Crippen molar-refractivity contribution in [2.24, 2.45) is 0 Å². The van der Waals surface area contributed by atoms with Crippen LogP contribution in [0.3, 0.4) is 0 Å². The SMILES string of the molecule is c1ccc(-c2ccccc2Nc2ccc3c(c2)sc2ccccc23)cc1. The molecule has 0 saturated heterocycles. The number of hydrogen-bond donors (Lipinski definition) is 1. The van der Waals surface area contributed by atoms with Gasteiger partial charge in [0, 0.05) is 37.1 Å². The van der Waals surface area contributed by atoms with Gasteiger partial charge in [-0.1, -0.05) is 72.8 Å². The molecule has 5 rings (SSSR count). The summed E-state index contributed by atoms with van der Waals surface area (Å²) in [4.78, 5) is 0. The predicted molar refractivity (Wildman–Crippen MR) is 114 cm³/mol. The number of rotatable bonds is 3. The molecule has 0 unspecified atom stereocenters. The van der Waals surface area contributed by atoms with E-state index in [1.807, 2.05) is 11.3 Å². The zero-order valence-electron chi connectivity index (χ0n) is 14.1. The Morgan fingerprint density at radius 3 is 2.23 bits per heavy atom. The molecule has 0 saturated carbocycles. The molecule has 4 aromatic carbocycles. The lowest BCUT2D eigenvalue weighted by atomic mass is 10.0. The summed E-state index contributed by atoms with van der Waals surface area (Å²) in [5.41, 5.74) is 4.68. The molecule has 0 radical (unpaired) electrons. The number of anilines is 2. The molecular weight excluding hydrogens is 334 g/mol. The van der Waals surface area contributed by atoms with E-state index in [4.69, 9.17) is 0 Å². The number of nitrogens with one attached hydrogen (secondary N) is 1. The summed E-state index contributed by atoms with van der Waals surface area (Å²) in [5.74, 6) is 0. The van der Waals surface area contributed by atoms with Crippen molar-refractivity contribution in [3.63, 3.8) is 0 Å². The minimum absolute atomic E-state index is 1.12. The van der Waals surface area contributed by atoms with Crippen LogP contribution in [0.4, 0.5) is 11.4 Å². The average molecular weight is 351 g/mol. The Morgan fingerprint density at radius 2 is 1.31 bits per heavy atom. The van der Waals surface area contributed by atoms with Gasteiger partial charge in [0.1, 0.15) is 0 Å². The Morgan fingerprint density at radius 1 is 0.577 bits per heavy atom. The van der Waals surface area contributed by atoms with Crippen LogP contribution in [-0.4, -0.2) is 0 Å². The van der Waals surface area contributed by atoms with Crippen LogP contribution >= 0.6 is 11.3 Å². The maximum atomic E-state index is 3.61. The highest BCUT2D eigenvalue weighted by molar-refractivity contribution is 7.25. The fraction of sp³-hybridized carbons (Fsp3) is 0. The topological polar surface area (TPSA) is 12.0 Å². The molecule has 5 aromatic rings. The molecule has 0 spiro atoms. The first-order valence-electron chi connectivity index (χ1n) is 8.71. The van der Waals surface area contributed by atoms with Gasteiger partial charge in [0.25, 0.3) is 0 Å². The smallest absolute Gasteiger partial charge is 0.0463 e. The third-order valence-corrected chi connectivity index (χ3v) is 5.80. The molecule has 2 heteroatoms. The molecule has 1 N–H and O–H groups in total. The van der Waals surface area contributed by atoms with Gasteiger partial charge in [-0.05, 0) is 29.8 Å². The zero-order valence-corrected chi connectivity index (χ0v) is 15.0. The third-order valence-electron chi connectivity index (χ3n) is 4.67. The Bertz CT molecular complexity index is 1200. The van der Waals surface area contributed by atoms with Crippen LogP contribution in [0, 0.1) is 0 Å². The van der Waals surface area contributed by atoms with Gasteiger partial charge in [0.2, 0.25) is 0 Å². The van der Waals surface area contributed by atoms with Crippen LogP contribution in [0.25, 0.3) is 31.3 Å². The summed E-state index contributed by atoms with van der Waals surface area (Å²) in [6, 6.07) is 34.2. The maximum Gasteiger partial charge on any atom is 0.0463 e. The minimum Gasteiger partial charge on any atom is -0.355 e. The molecule has 0 aliphatic rings. The van der Waals surface area contributed by atoms with Crippen LogP contribution in [0.15, 0.2) is 97.1 Å². The first kappa shape index (κ1) is 15.2. The van der Waals surface area contributed by atoms with E-state index in [0.717, 1.165) is 11.4 Å². The van der Waals surface area contributed by atoms with E-state index in [-0.39, 0.29) is 0 Å². The Balaban J connectivity index is 1.57. The highest BCUT2D eigenvalue weighted by Gasteiger charge is 2.07. The lowest BCUT2D eigenvalue weighted by molar-refractivity contribution is 1.55. The Hall–Kier alpha value is -3.10. The average Bonchev–Trinajstić information content (AvgIpc) is 3.07. The molecule has 0 fully saturated rings. The molecule has 124 valence electrons. The van der Waals surface area contributed by atoms with E-state index in [2.05, 4.69) is 102 Å². The molecule has 0 bridgehead atoms. The second-order valence-corrected chi connectivity index (χ2v) is 7.43. The highest BCUT2D eigenvalue weighted by atomic mass is 32.1. The number of fused-ring (bicyclic) bond motifs is 3. The highest BCUT2D eigenvalue weighted by Crippen LogP contribution is 2.36. The molecule has 1 heterocycles. The lowest BCUT2D eigenvalue weighted by Crippen LogP contribution is -1.92. The summed E-state index contributed by atoms with van der Waals surface area (Å²) in [5, 5.41) is 6.28. The van der Waals surface area contributed by atoms with Crippen molar-refractivity contribution in [1.82, 2.24) is 0 Å². The number of benzene rings is 4. The molecule has 0 amide bonds. The van der Waals surface area contributed by atoms with E-state index in [9.17, 15) is 0 Å². The van der Waals surface area contributed by atoms with Crippen LogP contribution in [-0.2, 0) is 0 Å². The summed E-state index contributed by atoms with van der Waals surface area (Å²) in [7, 11) is 0. The molecule has 1 nitrogen and oxygen atoms in total. The fourth-order valence-corrected chi connectivity index (χ4v) is 4.57. The van der Waals surface area contributed by atoms with Gasteiger partial charge in [-0.2, -0.15) is 0 Å². The van der Waals surface area contributed by atoms with Crippen LogP contribution in [0.2, 0.25) is 0 Å². The van der Waals surface area contributed by atoms with E-state index in [1.165, 1.54) is 31.3 Å². The van der Waals surface area contributed by atoms with Crippen molar-refractivity contribution >= 4 is 42.9 Å². The first-order valence-corrected chi connectivity index (χ1v) is 9.53. The van der Waals surface area contributed by atoms with Crippen molar-refractivity contribution in [3.8, 4) is 11.1 Å². The summed E-state index contributed by atoms with van der Waals surface area (Å²) in [6.45, 7) is 0. The zero-order chi connectivity index (χ0) is 17.3. The Kier molecular flexibility index (Phi) is 3.69. The van der Waals surface area contributed by atoms with E-state index < -0.39 is 0 Å². The van der Waals surface area contributed by atoms with Gasteiger partial charge in [0.05, 0.1) is 0 Å². The van der Waals surface area contributed by atoms with E-state index in [1.54, 1.807) is 0 Å². The van der Waals surface area contributed by atoms with Crippen LogP contribution in [0.1, 0.15) is 0 Å². The van der Waals surface area contributed by atoms with Gasteiger partial charge in [-0.25, -0.2) is 0 Å². The number of para-hydroxylation sites is 1. The standard InChI is InChI=1S/C24H17NS/c1-2-8-17(9-3-1)19-10-4-6-12-22(19)25-18-14-15-21-20-11-5-7-13-23(20)26-24(21)16-18/h1-16,25H. The van der Waals surface area contributed by atoms with Gasteiger partial charge >= 0.3 is 0 Å². The lowest BCUT2D eigenvalue weighted by Gasteiger charge is -2.12. The molecule has 0 aliphatic heterocycles. The Labute approximate surface area is 156 Å². The minimum atomic E-state index is 1.12. The molecule has 0 aliphatic carbocycles. The number of hydrogen-bond acceptors (Lipinski definition) is 2. The van der Waals surface area contributed by atoms with Gasteiger partial charge in [-0.3, -0.25) is 0 Å². The molecular formula is C24H17NS. The maximum absolute atomic E-state index is 3.61. The van der Waals surface area contributed by atoms with Gasteiger partial charge in [0.15, 0.2) is 0 Å². The van der Waals surface area contributed by atoms with Crippen molar-refractivity contribution < 1.29 is 0 Å². The normalized spacial score (nSPS) is 11.1. The first-order chi connectivity index (χ1) is 12.9. The predicted octanol–water partition coefficient (Wildman–Crippen LogP) is 7.47. The summed E-state index contributed by atoms with van der Waals surface area (Å²) < 4.78 is 2.65. The molecule has 26 heavy (non-hydrogen) atoms. The van der Waals surface area contributed by atoms with Gasteiger partial charge in [-0.15, -0.1) is 11.3 Å². The second-order valence-electron chi connectivity index (χ2n) is 6.35. The second kappa shape index (κ2) is 6.32. The molecule has 0 atom stereocenters. The van der Waals surface area contributed by atoms with E-state index in [0.29, 0.717) is 0 Å². The summed E-state index contributed by atoms with van der Waals surface area (Å²) >= 11 is 1.85. The largest absolute Gasteiger partial charge is 0.355 e. The van der Waals surface area contributed by atoms with Crippen molar-refractivity contribution in [2.45, 2.75) is 0 Å². The monoisotopic (exact) mass is 351 g/mol. The quantitative estimate of drug-likeness (QED) is 0.355. The fourth-order valence-electron chi connectivity index (χ4n) is 3.42. The molecule has 1 aromatic heterocycles. The van der Waals surface area contributed by atoms with Crippen LogP contribution < -0.4 is 5.32 Å². The van der Waals surface area contributed by atoms with E-state index >= 15 is 0 Å². The van der Waals surface area contributed by atoms with Crippen molar-refractivity contribution in [2.75, 3.05) is 5.32 Å².